The monoisotopic (exact) mass is 477 g/mol. The van der Waals surface area contributed by atoms with Gasteiger partial charge in [-0.2, -0.15) is 0 Å². The van der Waals surface area contributed by atoms with Crippen molar-refractivity contribution in [2.45, 2.75) is 96.1 Å². The maximum absolute atomic E-state index is 12.6. The van der Waals surface area contributed by atoms with E-state index in [1.807, 2.05) is 39.0 Å². The largest absolute Gasteiger partial charge is 0.444 e. The standard InChI is InChI=1S/C28H39N5O2/c1-18-30-21-17-29-14-11-22(21)33(18)25-16-24-28(25)13-10-23(28)32(24)15-12-20(19-8-6-5-7-9-19)31-26(34)35-27(2,3)4/h5-9,20,23-25,29H,10-17H2,1-4H3,(H,31,34)/t20-,23?,24?,25?,28?/m0/s1. The number of piperidine rings is 2. The highest BCUT2D eigenvalue weighted by Gasteiger charge is 2.75. The molecule has 1 saturated heterocycles. The fourth-order valence-electron chi connectivity index (χ4n) is 7.42. The van der Waals surface area contributed by atoms with Crippen LogP contribution in [-0.4, -0.2) is 51.3 Å². The molecule has 2 aliphatic heterocycles. The summed E-state index contributed by atoms with van der Waals surface area (Å²) in [5.41, 5.74) is 3.83. The zero-order valence-electron chi connectivity index (χ0n) is 21.5. The van der Waals surface area contributed by atoms with Crippen LogP contribution in [0.5, 0.6) is 0 Å². The van der Waals surface area contributed by atoms with Crippen LogP contribution in [0.4, 0.5) is 4.79 Å². The number of rotatable bonds is 6. The molecule has 0 radical (unpaired) electrons. The van der Waals surface area contributed by atoms with Gasteiger partial charge in [0, 0.05) is 55.3 Å². The lowest BCUT2D eigenvalue weighted by Gasteiger charge is -2.80. The zero-order valence-corrected chi connectivity index (χ0v) is 21.5. The van der Waals surface area contributed by atoms with Crippen LogP contribution in [0.2, 0.25) is 0 Å². The molecule has 7 nitrogen and oxygen atoms in total. The Labute approximate surface area is 208 Å². The number of amides is 1. The van der Waals surface area contributed by atoms with Crippen LogP contribution in [0.25, 0.3) is 0 Å². The molecule has 1 aromatic carbocycles. The molecule has 5 atom stereocenters. The van der Waals surface area contributed by atoms with Gasteiger partial charge in [-0.05, 0) is 58.9 Å². The molecule has 7 heteroatoms. The van der Waals surface area contributed by atoms with Crippen LogP contribution in [0.15, 0.2) is 30.3 Å². The summed E-state index contributed by atoms with van der Waals surface area (Å²) in [5, 5.41) is 6.62. The van der Waals surface area contributed by atoms with E-state index in [1.54, 1.807) is 0 Å². The van der Waals surface area contributed by atoms with Crippen LogP contribution < -0.4 is 10.6 Å². The molecule has 4 unspecified atom stereocenters. The molecule has 3 heterocycles. The lowest BCUT2D eigenvalue weighted by molar-refractivity contribution is -0.295. The van der Waals surface area contributed by atoms with Crippen LogP contribution >= 0.6 is 0 Å². The van der Waals surface area contributed by atoms with E-state index < -0.39 is 5.60 Å². The molecule has 2 aliphatic carbocycles. The zero-order chi connectivity index (χ0) is 24.4. The smallest absolute Gasteiger partial charge is 0.408 e. The number of benzene rings is 1. The molecule has 6 rings (SSSR count). The highest BCUT2D eigenvalue weighted by molar-refractivity contribution is 5.68. The number of hydrogen-bond donors (Lipinski definition) is 2. The molecule has 2 saturated carbocycles. The molecule has 2 aromatic rings. The lowest BCUT2D eigenvalue weighted by Crippen LogP contribution is -2.85. The molecule has 0 bridgehead atoms. The third-order valence-electron chi connectivity index (χ3n) is 8.94. The van der Waals surface area contributed by atoms with E-state index >= 15 is 0 Å². The van der Waals surface area contributed by atoms with Crippen molar-refractivity contribution in [3.05, 3.63) is 53.1 Å². The first-order valence-electron chi connectivity index (χ1n) is 13.4. The minimum Gasteiger partial charge on any atom is -0.444 e. The van der Waals surface area contributed by atoms with Gasteiger partial charge in [-0.3, -0.25) is 4.90 Å². The summed E-state index contributed by atoms with van der Waals surface area (Å²) < 4.78 is 8.19. The number of aromatic nitrogens is 2. The number of hydrogen-bond acceptors (Lipinski definition) is 5. The molecule has 4 aliphatic rings. The number of ether oxygens (including phenoxy) is 1. The molecule has 188 valence electrons. The second-order valence-corrected chi connectivity index (χ2v) is 11.9. The van der Waals surface area contributed by atoms with Gasteiger partial charge < -0.3 is 19.9 Å². The van der Waals surface area contributed by atoms with Crippen molar-refractivity contribution in [3.63, 3.8) is 0 Å². The van der Waals surface area contributed by atoms with E-state index in [1.165, 1.54) is 36.5 Å². The summed E-state index contributed by atoms with van der Waals surface area (Å²) in [5.74, 6) is 1.20. The van der Waals surface area contributed by atoms with Gasteiger partial charge in [0.05, 0.1) is 11.7 Å². The maximum Gasteiger partial charge on any atom is 0.408 e. The highest BCUT2D eigenvalue weighted by Crippen LogP contribution is 2.73. The van der Waals surface area contributed by atoms with E-state index in [4.69, 9.17) is 9.72 Å². The molecular formula is C28H39N5O2. The predicted molar refractivity (Wildman–Crippen MR) is 135 cm³/mol. The van der Waals surface area contributed by atoms with E-state index in [0.717, 1.165) is 38.0 Å². The Morgan fingerprint density at radius 1 is 1.26 bits per heavy atom. The average molecular weight is 478 g/mol. The molecule has 35 heavy (non-hydrogen) atoms. The molecule has 1 aromatic heterocycles. The molecule has 1 spiro atoms. The minimum absolute atomic E-state index is 0.0487. The summed E-state index contributed by atoms with van der Waals surface area (Å²) in [6.07, 6.45) is 5.50. The SMILES string of the molecule is Cc1nc2c(n1C1CC3N(CC[C@H](NC(=O)OC(C)(C)C)c4ccccc4)C4CCC431)CCNC2. The number of carbonyl (C=O) groups excluding carboxylic acids is 1. The van der Waals surface area contributed by atoms with Crippen LogP contribution in [-0.2, 0) is 17.7 Å². The number of likely N-dealkylation sites (tertiary alicyclic amines) is 1. The van der Waals surface area contributed by atoms with E-state index in [0.29, 0.717) is 23.5 Å². The van der Waals surface area contributed by atoms with Crippen LogP contribution in [0.1, 0.15) is 81.3 Å². The summed E-state index contributed by atoms with van der Waals surface area (Å²) in [6, 6.07) is 12.2. The van der Waals surface area contributed by atoms with Crippen molar-refractivity contribution in [1.82, 2.24) is 25.1 Å². The summed E-state index contributed by atoms with van der Waals surface area (Å²) in [6.45, 7) is 10.9. The normalized spacial score (nSPS) is 30.0. The van der Waals surface area contributed by atoms with Crippen LogP contribution in [0, 0.1) is 12.3 Å². The van der Waals surface area contributed by atoms with Gasteiger partial charge in [0.25, 0.3) is 0 Å². The molecule has 2 N–H and O–H groups in total. The Morgan fingerprint density at radius 3 is 2.74 bits per heavy atom. The Morgan fingerprint density at radius 2 is 2.06 bits per heavy atom. The number of alkyl carbamates (subject to hydrolysis) is 1. The number of nitrogens with zero attached hydrogens (tertiary/aromatic N) is 3. The van der Waals surface area contributed by atoms with Crippen molar-refractivity contribution in [1.29, 1.82) is 0 Å². The number of fused-ring (bicyclic) bond motifs is 1. The van der Waals surface area contributed by atoms with E-state index in [9.17, 15) is 4.79 Å². The number of aryl methyl sites for hydroxylation is 1. The van der Waals surface area contributed by atoms with Crippen molar-refractivity contribution in [2.75, 3.05) is 13.1 Å². The van der Waals surface area contributed by atoms with Crippen LogP contribution in [0.3, 0.4) is 0 Å². The van der Waals surface area contributed by atoms with Gasteiger partial charge in [0.2, 0.25) is 0 Å². The first kappa shape index (κ1) is 23.0. The quantitative estimate of drug-likeness (QED) is 0.650. The summed E-state index contributed by atoms with van der Waals surface area (Å²) in [4.78, 5) is 20.2. The van der Waals surface area contributed by atoms with E-state index in [-0.39, 0.29) is 12.1 Å². The van der Waals surface area contributed by atoms with Crippen molar-refractivity contribution in [2.24, 2.45) is 5.41 Å². The Bertz CT molecular complexity index is 1100. The Kier molecular flexibility index (Phi) is 5.49. The number of nitrogens with one attached hydrogen (secondary N) is 2. The fourth-order valence-corrected chi connectivity index (χ4v) is 7.42. The number of imidazole rings is 1. The third kappa shape index (κ3) is 3.70. The maximum atomic E-state index is 12.6. The van der Waals surface area contributed by atoms with Crippen molar-refractivity contribution >= 4 is 6.09 Å². The van der Waals surface area contributed by atoms with Gasteiger partial charge >= 0.3 is 6.09 Å². The van der Waals surface area contributed by atoms with Crippen molar-refractivity contribution in [3.8, 4) is 0 Å². The molecular weight excluding hydrogens is 438 g/mol. The van der Waals surface area contributed by atoms with Gasteiger partial charge in [-0.1, -0.05) is 30.3 Å². The summed E-state index contributed by atoms with van der Waals surface area (Å²) >= 11 is 0. The second kappa shape index (κ2) is 8.34. The number of carbonyl (C=O) groups is 1. The topological polar surface area (TPSA) is 71.4 Å². The average Bonchev–Trinajstić information content (AvgIpc) is 3.10. The van der Waals surface area contributed by atoms with Crippen molar-refractivity contribution < 1.29 is 9.53 Å². The second-order valence-electron chi connectivity index (χ2n) is 11.9. The van der Waals surface area contributed by atoms with Gasteiger partial charge in [-0.15, -0.1) is 0 Å². The van der Waals surface area contributed by atoms with Gasteiger partial charge in [0.15, 0.2) is 0 Å². The van der Waals surface area contributed by atoms with Gasteiger partial charge in [-0.25, -0.2) is 9.78 Å². The Hall–Kier alpha value is -2.38. The lowest BCUT2D eigenvalue weighted by atomic mass is 9.40. The highest BCUT2D eigenvalue weighted by atomic mass is 16.6. The fraction of sp³-hybridized carbons (Fsp3) is 0.643. The summed E-state index contributed by atoms with van der Waals surface area (Å²) in [7, 11) is 0. The Balaban J connectivity index is 1.14. The molecule has 1 amide bonds. The first-order valence-corrected chi connectivity index (χ1v) is 13.4. The minimum atomic E-state index is -0.504. The predicted octanol–water partition coefficient (Wildman–Crippen LogP) is 4.27. The van der Waals surface area contributed by atoms with Gasteiger partial charge in [0.1, 0.15) is 11.4 Å². The third-order valence-corrected chi connectivity index (χ3v) is 8.94. The first-order chi connectivity index (χ1) is 16.8. The van der Waals surface area contributed by atoms with E-state index in [2.05, 4.69) is 39.2 Å². The molecule has 3 fully saturated rings.